The van der Waals surface area contributed by atoms with Crippen molar-refractivity contribution in [2.45, 2.75) is 59.1 Å². The Balaban J connectivity index is 2.64. The number of amides is 1. The Morgan fingerprint density at radius 3 is 2.63 bits per heavy atom. The highest BCUT2D eigenvalue weighted by Gasteiger charge is 2.48. The Bertz CT molecular complexity index is 342. The number of ether oxygens (including phenoxy) is 2. The molecular formula is C14H25NO4. The van der Waals surface area contributed by atoms with Gasteiger partial charge in [0, 0.05) is 12.8 Å². The van der Waals surface area contributed by atoms with Gasteiger partial charge in [-0.25, -0.2) is 4.79 Å². The van der Waals surface area contributed by atoms with Crippen molar-refractivity contribution < 1.29 is 19.1 Å². The molecule has 1 rings (SSSR count). The van der Waals surface area contributed by atoms with Crippen LogP contribution in [0.1, 0.15) is 47.5 Å². The Kier molecular flexibility index (Phi) is 5.20. The molecule has 19 heavy (non-hydrogen) atoms. The van der Waals surface area contributed by atoms with Crippen molar-refractivity contribution in [2.24, 2.45) is 11.8 Å². The van der Waals surface area contributed by atoms with Crippen LogP contribution in [0.25, 0.3) is 0 Å². The lowest BCUT2D eigenvalue weighted by Gasteiger charge is -2.35. The van der Waals surface area contributed by atoms with Gasteiger partial charge in [-0.15, -0.1) is 0 Å². The van der Waals surface area contributed by atoms with E-state index in [1.54, 1.807) is 0 Å². The Morgan fingerprint density at radius 1 is 1.47 bits per heavy atom. The molecular weight excluding hydrogens is 246 g/mol. The standard InChI is InChI=1S/C14H25NO4/c1-9(2)8-12-14(5,19-13(17)15-12)10(3)6-7-18-11(4)16/h9-10,12H,6-8H2,1-5H3,(H,15,17)/t10-,12+,14+/m0/s1. The van der Waals surface area contributed by atoms with E-state index >= 15 is 0 Å². The fraction of sp³-hybridized carbons (Fsp3) is 0.857. The molecule has 0 unspecified atom stereocenters. The van der Waals surface area contributed by atoms with Gasteiger partial charge in [0.1, 0.15) is 5.60 Å². The van der Waals surface area contributed by atoms with Gasteiger partial charge in [0.15, 0.2) is 0 Å². The molecule has 0 bridgehead atoms. The Labute approximate surface area is 115 Å². The molecule has 1 saturated heterocycles. The number of carbonyl (C=O) groups excluding carboxylic acids is 2. The van der Waals surface area contributed by atoms with Gasteiger partial charge in [0.25, 0.3) is 0 Å². The SMILES string of the molecule is CC(=O)OCC[C@H](C)[C@@]1(C)OC(=O)N[C@@H]1CC(C)C. The van der Waals surface area contributed by atoms with Crippen molar-refractivity contribution in [1.82, 2.24) is 5.32 Å². The average molecular weight is 271 g/mol. The smallest absolute Gasteiger partial charge is 0.408 e. The van der Waals surface area contributed by atoms with E-state index in [2.05, 4.69) is 19.2 Å². The summed E-state index contributed by atoms with van der Waals surface area (Å²) in [4.78, 5) is 22.3. The fourth-order valence-electron chi connectivity index (χ4n) is 2.46. The van der Waals surface area contributed by atoms with Crippen LogP contribution in [0.2, 0.25) is 0 Å². The summed E-state index contributed by atoms with van der Waals surface area (Å²) in [5.41, 5.74) is -0.540. The third kappa shape index (κ3) is 4.11. The minimum absolute atomic E-state index is 0.00679. The van der Waals surface area contributed by atoms with Gasteiger partial charge < -0.3 is 14.8 Å². The largest absolute Gasteiger partial charge is 0.466 e. The van der Waals surface area contributed by atoms with E-state index in [0.29, 0.717) is 18.9 Å². The maximum atomic E-state index is 11.5. The van der Waals surface area contributed by atoms with Crippen molar-refractivity contribution in [3.8, 4) is 0 Å². The number of alkyl carbamates (subject to hydrolysis) is 1. The third-order valence-corrected chi connectivity index (χ3v) is 3.84. The van der Waals surface area contributed by atoms with E-state index in [-0.39, 0.29) is 24.0 Å². The molecule has 0 aromatic heterocycles. The van der Waals surface area contributed by atoms with Gasteiger partial charge in [-0.05, 0) is 25.7 Å². The predicted octanol–water partition coefficient (Wildman–Crippen LogP) is 2.49. The Morgan fingerprint density at radius 2 is 2.11 bits per heavy atom. The van der Waals surface area contributed by atoms with Crippen LogP contribution in [0.15, 0.2) is 0 Å². The number of nitrogens with one attached hydrogen (secondary N) is 1. The van der Waals surface area contributed by atoms with Crippen LogP contribution in [0, 0.1) is 11.8 Å². The second-order valence-corrected chi connectivity index (χ2v) is 5.93. The number of esters is 1. The normalized spacial score (nSPS) is 27.9. The summed E-state index contributed by atoms with van der Waals surface area (Å²) in [7, 11) is 0. The highest BCUT2D eigenvalue weighted by atomic mass is 16.6. The molecule has 0 aliphatic carbocycles. The average Bonchev–Trinajstić information content (AvgIpc) is 2.53. The lowest BCUT2D eigenvalue weighted by molar-refractivity contribution is -0.141. The van der Waals surface area contributed by atoms with Crippen LogP contribution in [0.4, 0.5) is 4.79 Å². The van der Waals surface area contributed by atoms with Crippen molar-refractivity contribution >= 4 is 12.1 Å². The minimum atomic E-state index is -0.540. The molecule has 5 nitrogen and oxygen atoms in total. The zero-order valence-corrected chi connectivity index (χ0v) is 12.5. The first-order valence-electron chi connectivity index (χ1n) is 6.88. The highest BCUT2D eigenvalue weighted by molar-refractivity contribution is 5.71. The number of hydrogen-bond acceptors (Lipinski definition) is 4. The van der Waals surface area contributed by atoms with Crippen molar-refractivity contribution in [2.75, 3.05) is 6.61 Å². The van der Waals surface area contributed by atoms with E-state index in [9.17, 15) is 9.59 Å². The number of carbonyl (C=O) groups is 2. The summed E-state index contributed by atoms with van der Waals surface area (Å²) in [5.74, 6) is 0.319. The second kappa shape index (κ2) is 6.26. The quantitative estimate of drug-likeness (QED) is 0.754. The molecule has 5 heteroatoms. The summed E-state index contributed by atoms with van der Waals surface area (Å²) >= 11 is 0. The van der Waals surface area contributed by atoms with Gasteiger partial charge in [0.05, 0.1) is 12.6 Å². The lowest BCUT2D eigenvalue weighted by atomic mass is 9.79. The first kappa shape index (κ1) is 15.8. The van der Waals surface area contributed by atoms with Gasteiger partial charge >= 0.3 is 12.1 Å². The molecule has 0 aromatic carbocycles. The van der Waals surface area contributed by atoms with Crippen LogP contribution < -0.4 is 5.32 Å². The Hall–Kier alpha value is -1.26. The van der Waals surface area contributed by atoms with Gasteiger partial charge in [-0.1, -0.05) is 20.8 Å². The first-order valence-corrected chi connectivity index (χ1v) is 6.88. The van der Waals surface area contributed by atoms with Gasteiger partial charge in [0.2, 0.25) is 0 Å². The van der Waals surface area contributed by atoms with Crippen molar-refractivity contribution in [3.05, 3.63) is 0 Å². The molecule has 0 radical (unpaired) electrons. The molecule has 1 N–H and O–H groups in total. The lowest BCUT2D eigenvalue weighted by Crippen LogP contribution is -2.47. The molecule has 1 heterocycles. The third-order valence-electron chi connectivity index (χ3n) is 3.84. The van der Waals surface area contributed by atoms with Gasteiger partial charge in [-0.3, -0.25) is 4.79 Å². The van der Waals surface area contributed by atoms with Crippen LogP contribution in [0.5, 0.6) is 0 Å². The van der Waals surface area contributed by atoms with Crippen molar-refractivity contribution in [1.29, 1.82) is 0 Å². The molecule has 1 aliphatic heterocycles. The van der Waals surface area contributed by atoms with E-state index in [1.165, 1.54) is 6.92 Å². The van der Waals surface area contributed by atoms with E-state index in [1.807, 2.05) is 13.8 Å². The molecule has 1 aliphatic rings. The summed E-state index contributed by atoms with van der Waals surface area (Å²) in [6, 6.07) is 0.00679. The van der Waals surface area contributed by atoms with Crippen LogP contribution in [0.3, 0.4) is 0 Å². The maximum Gasteiger partial charge on any atom is 0.408 e. The monoisotopic (exact) mass is 271 g/mol. The van der Waals surface area contributed by atoms with E-state index in [0.717, 1.165) is 6.42 Å². The molecule has 3 atom stereocenters. The van der Waals surface area contributed by atoms with Gasteiger partial charge in [-0.2, -0.15) is 0 Å². The minimum Gasteiger partial charge on any atom is -0.466 e. The number of cyclic esters (lactones) is 1. The number of rotatable bonds is 6. The molecule has 1 amide bonds. The number of hydrogen-bond donors (Lipinski definition) is 1. The zero-order chi connectivity index (χ0) is 14.6. The van der Waals surface area contributed by atoms with E-state index < -0.39 is 5.60 Å². The molecule has 0 aromatic rings. The molecule has 110 valence electrons. The maximum absolute atomic E-state index is 11.5. The van der Waals surface area contributed by atoms with E-state index in [4.69, 9.17) is 9.47 Å². The zero-order valence-electron chi connectivity index (χ0n) is 12.5. The first-order chi connectivity index (χ1) is 8.75. The molecule has 1 fully saturated rings. The van der Waals surface area contributed by atoms with Crippen LogP contribution >= 0.6 is 0 Å². The molecule has 0 saturated carbocycles. The molecule has 0 spiro atoms. The van der Waals surface area contributed by atoms with Crippen molar-refractivity contribution in [3.63, 3.8) is 0 Å². The highest BCUT2D eigenvalue weighted by Crippen LogP contribution is 2.35. The second-order valence-electron chi connectivity index (χ2n) is 5.93. The predicted molar refractivity (Wildman–Crippen MR) is 71.7 cm³/mol. The summed E-state index contributed by atoms with van der Waals surface area (Å²) in [6.45, 7) is 9.97. The summed E-state index contributed by atoms with van der Waals surface area (Å²) < 4.78 is 10.5. The topological polar surface area (TPSA) is 64.6 Å². The fourth-order valence-corrected chi connectivity index (χ4v) is 2.46. The summed E-state index contributed by atoms with van der Waals surface area (Å²) in [6.07, 6.45) is 1.20. The summed E-state index contributed by atoms with van der Waals surface area (Å²) in [5, 5.41) is 2.89. The van der Waals surface area contributed by atoms with Crippen LogP contribution in [-0.4, -0.2) is 30.3 Å². The van der Waals surface area contributed by atoms with Crippen LogP contribution in [-0.2, 0) is 14.3 Å².